The highest BCUT2D eigenvalue weighted by molar-refractivity contribution is 5.41. The topological polar surface area (TPSA) is 35.2 Å². The third-order valence-electron chi connectivity index (χ3n) is 3.35. The summed E-state index contributed by atoms with van der Waals surface area (Å²) in [5.74, 6) is 0.973. The minimum atomic E-state index is -0.0869. The summed E-state index contributed by atoms with van der Waals surface area (Å²) in [6, 6.07) is 6.40. The monoisotopic (exact) mass is 219 g/mol. The molecule has 0 saturated carbocycles. The molecule has 2 heteroatoms. The van der Waals surface area contributed by atoms with Crippen LogP contribution in [0.25, 0.3) is 0 Å². The van der Waals surface area contributed by atoms with Gasteiger partial charge in [-0.05, 0) is 26.3 Å². The molecule has 0 spiro atoms. The lowest BCUT2D eigenvalue weighted by molar-refractivity contribution is 0.0448. The molecule has 1 aromatic rings. The second-order valence-corrected chi connectivity index (χ2v) is 5.15. The number of rotatable bonds is 2. The molecule has 2 unspecified atom stereocenters. The van der Waals surface area contributed by atoms with Gasteiger partial charge >= 0.3 is 0 Å². The van der Waals surface area contributed by atoms with Crippen molar-refractivity contribution in [1.82, 2.24) is 0 Å². The second kappa shape index (κ2) is 4.10. The van der Waals surface area contributed by atoms with Crippen molar-refractivity contribution in [2.75, 3.05) is 0 Å². The van der Waals surface area contributed by atoms with E-state index in [2.05, 4.69) is 39.0 Å². The minimum Gasteiger partial charge on any atom is -0.487 e. The van der Waals surface area contributed by atoms with Crippen LogP contribution in [0.3, 0.4) is 0 Å². The smallest absolute Gasteiger partial charge is 0.124 e. The molecule has 0 bridgehead atoms. The third-order valence-corrected chi connectivity index (χ3v) is 3.35. The third kappa shape index (κ3) is 2.07. The molecule has 0 radical (unpaired) electrons. The first-order valence-corrected chi connectivity index (χ1v) is 6.09. The van der Waals surface area contributed by atoms with Crippen LogP contribution in [0.2, 0.25) is 0 Å². The molecule has 0 aromatic heterocycles. The Balaban J connectivity index is 2.33. The summed E-state index contributed by atoms with van der Waals surface area (Å²) < 4.78 is 6.11. The van der Waals surface area contributed by atoms with Gasteiger partial charge in [0.1, 0.15) is 11.4 Å². The van der Waals surface area contributed by atoms with Crippen molar-refractivity contribution in [3.63, 3.8) is 0 Å². The van der Waals surface area contributed by atoms with E-state index in [1.54, 1.807) is 0 Å². The number of fused-ring (bicyclic) bond motifs is 1. The Kier molecular flexibility index (Phi) is 2.94. The zero-order valence-electron chi connectivity index (χ0n) is 10.4. The molecular formula is C14H21NO. The lowest BCUT2D eigenvalue weighted by Crippen LogP contribution is -2.40. The maximum Gasteiger partial charge on any atom is 0.124 e. The summed E-state index contributed by atoms with van der Waals surface area (Å²) in [6.07, 6.45) is 3.11. The van der Waals surface area contributed by atoms with Gasteiger partial charge in [-0.3, -0.25) is 0 Å². The van der Waals surface area contributed by atoms with Gasteiger partial charge in [-0.15, -0.1) is 0 Å². The Morgan fingerprint density at radius 3 is 2.94 bits per heavy atom. The number of hydrogen-bond acceptors (Lipinski definition) is 2. The van der Waals surface area contributed by atoms with E-state index in [4.69, 9.17) is 10.5 Å². The Morgan fingerprint density at radius 1 is 1.50 bits per heavy atom. The molecule has 88 valence electrons. The molecule has 1 aliphatic rings. The van der Waals surface area contributed by atoms with Crippen molar-refractivity contribution in [3.05, 3.63) is 29.3 Å². The van der Waals surface area contributed by atoms with Crippen molar-refractivity contribution in [2.45, 2.75) is 51.7 Å². The molecule has 0 fully saturated rings. The Hall–Kier alpha value is -1.02. The van der Waals surface area contributed by atoms with Crippen LogP contribution in [0.4, 0.5) is 0 Å². The quantitative estimate of drug-likeness (QED) is 0.828. The average Bonchev–Trinajstić information content (AvgIpc) is 2.19. The van der Waals surface area contributed by atoms with Crippen LogP contribution in [0.15, 0.2) is 18.2 Å². The SMILES string of the molecule is CCCC1(C)CC(N)c2cc(C)ccc2O1. The first-order chi connectivity index (χ1) is 7.54. The van der Waals surface area contributed by atoms with Crippen LogP contribution in [0.1, 0.15) is 50.3 Å². The van der Waals surface area contributed by atoms with Crippen molar-refractivity contribution in [1.29, 1.82) is 0 Å². The Bertz CT molecular complexity index is 388. The van der Waals surface area contributed by atoms with E-state index < -0.39 is 0 Å². The summed E-state index contributed by atoms with van der Waals surface area (Å²) in [4.78, 5) is 0. The van der Waals surface area contributed by atoms with Gasteiger partial charge in [0.25, 0.3) is 0 Å². The van der Waals surface area contributed by atoms with Gasteiger partial charge in [0.2, 0.25) is 0 Å². The standard InChI is InChI=1S/C14H21NO/c1-4-7-14(3)9-12(15)11-8-10(2)5-6-13(11)16-14/h5-6,8,12H,4,7,9,15H2,1-3H3. The molecule has 0 amide bonds. The van der Waals surface area contributed by atoms with Gasteiger partial charge in [-0.25, -0.2) is 0 Å². The number of hydrogen-bond donors (Lipinski definition) is 1. The molecule has 2 atom stereocenters. The van der Waals surface area contributed by atoms with Crippen molar-refractivity contribution < 1.29 is 4.74 Å². The molecule has 2 N–H and O–H groups in total. The van der Waals surface area contributed by atoms with E-state index in [1.165, 1.54) is 5.56 Å². The summed E-state index contributed by atoms with van der Waals surface area (Å²) in [7, 11) is 0. The van der Waals surface area contributed by atoms with Gasteiger partial charge in [-0.1, -0.05) is 31.0 Å². The van der Waals surface area contributed by atoms with Crippen LogP contribution in [0, 0.1) is 6.92 Å². The fraction of sp³-hybridized carbons (Fsp3) is 0.571. The summed E-state index contributed by atoms with van der Waals surface area (Å²) >= 11 is 0. The van der Waals surface area contributed by atoms with Gasteiger partial charge in [0, 0.05) is 18.0 Å². The van der Waals surface area contributed by atoms with E-state index in [-0.39, 0.29) is 11.6 Å². The molecular weight excluding hydrogens is 198 g/mol. The summed E-state index contributed by atoms with van der Waals surface area (Å²) in [6.45, 7) is 6.44. The molecule has 1 aliphatic heterocycles. The zero-order chi connectivity index (χ0) is 11.8. The molecule has 2 nitrogen and oxygen atoms in total. The fourth-order valence-electron chi connectivity index (χ4n) is 2.61. The van der Waals surface area contributed by atoms with E-state index in [1.807, 2.05) is 0 Å². The van der Waals surface area contributed by atoms with Gasteiger partial charge in [0.15, 0.2) is 0 Å². The summed E-state index contributed by atoms with van der Waals surface area (Å²) in [5.41, 5.74) is 8.56. The van der Waals surface area contributed by atoms with E-state index in [0.717, 1.165) is 30.6 Å². The fourth-order valence-corrected chi connectivity index (χ4v) is 2.61. The predicted octanol–water partition coefficient (Wildman–Crippen LogP) is 3.34. The highest BCUT2D eigenvalue weighted by Crippen LogP contribution is 2.40. The average molecular weight is 219 g/mol. The molecule has 0 saturated heterocycles. The van der Waals surface area contributed by atoms with E-state index in [9.17, 15) is 0 Å². The summed E-state index contributed by atoms with van der Waals surface area (Å²) in [5, 5.41) is 0. The molecule has 1 heterocycles. The maximum absolute atomic E-state index is 6.24. The lowest BCUT2D eigenvalue weighted by atomic mass is 9.85. The first-order valence-electron chi connectivity index (χ1n) is 6.09. The van der Waals surface area contributed by atoms with Crippen LogP contribution in [-0.2, 0) is 0 Å². The van der Waals surface area contributed by atoms with Crippen LogP contribution in [-0.4, -0.2) is 5.60 Å². The predicted molar refractivity (Wildman–Crippen MR) is 66.7 cm³/mol. The minimum absolute atomic E-state index is 0.0869. The highest BCUT2D eigenvalue weighted by atomic mass is 16.5. The van der Waals surface area contributed by atoms with E-state index in [0.29, 0.717) is 0 Å². The normalized spacial score (nSPS) is 28.4. The molecule has 1 aromatic carbocycles. The van der Waals surface area contributed by atoms with Crippen molar-refractivity contribution in [2.24, 2.45) is 5.73 Å². The van der Waals surface area contributed by atoms with Crippen LogP contribution < -0.4 is 10.5 Å². The van der Waals surface area contributed by atoms with Gasteiger partial charge in [-0.2, -0.15) is 0 Å². The number of nitrogens with two attached hydrogens (primary N) is 1. The number of benzene rings is 1. The Morgan fingerprint density at radius 2 is 2.25 bits per heavy atom. The maximum atomic E-state index is 6.24. The molecule has 0 aliphatic carbocycles. The molecule has 2 rings (SSSR count). The zero-order valence-corrected chi connectivity index (χ0v) is 10.4. The first kappa shape index (κ1) is 11.5. The Labute approximate surface area is 97.8 Å². The lowest BCUT2D eigenvalue weighted by Gasteiger charge is -2.39. The van der Waals surface area contributed by atoms with Crippen LogP contribution >= 0.6 is 0 Å². The molecule has 16 heavy (non-hydrogen) atoms. The van der Waals surface area contributed by atoms with E-state index >= 15 is 0 Å². The van der Waals surface area contributed by atoms with Crippen molar-refractivity contribution >= 4 is 0 Å². The second-order valence-electron chi connectivity index (χ2n) is 5.15. The largest absolute Gasteiger partial charge is 0.487 e. The van der Waals surface area contributed by atoms with Gasteiger partial charge < -0.3 is 10.5 Å². The van der Waals surface area contributed by atoms with Gasteiger partial charge in [0.05, 0.1) is 0 Å². The number of aryl methyl sites for hydroxylation is 1. The highest BCUT2D eigenvalue weighted by Gasteiger charge is 2.34. The number of ether oxygens (including phenoxy) is 1. The van der Waals surface area contributed by atoms with Crippen molar-refractivity contribution in [3.8, 4) is 5.75 Å². The van der Waals surface area contributed by atoms with Crippen LogP contribution in [0.5, 0.6) is 5.75 Å².